The maximum absolute atomic E-state index is 12.9. The minimum absolute atomic E-state index is 0.122. The normalized spacial score (nSPS) is 15.0. The molecule has 0 aliphatic carbocycles. The summed E-state index contributed by atoms with van der Waals surface area (Å²) in [5.74, 6) is -1.55. The van der Waals surface area contributed by atoms with Gasteiger partial charge in [0.25, 0.3) is 5.91 Å². The minimum Gasteiger partial charge on any atom is -0.394 e. The van der Waals surface area contributed by atoms with E-state index in [1.165, 1.54) is 16.4 Å². The summed E-state index contributed by atoms with van der Waals surface area (Å²) in [4.78, 5) is 26.2. The van der Waals surface area contributed by atoms with Gasteiger partial charge in [-0.05, 0) is 53.6 Å². The SMILES string of the molecule is CS(=O)(=O)N(c1cccc(C(=O)NC(CO)C(N)=O)c1)C1CN(C(c2ccc(Cl)cc2)c2ccc(Cl)cc2)C1. The number of primary amides is 1. The molecule has 4 N–H and O–H groups in total. The quantitative estimate of drug-likeness (QED) is 0.332. The summed E-state index contributed by atoms with van der Waals surface area (Å²) in [5, 5.41) is 12.9. The van der Waals surface area contributed by atoms with Crippen LogP contribution in [-0.4, -0.2) is 68.3 Å². The third kappa shape index (κ3) is 6.71. The highest BCUT2D eigenvalue weighted by Gasteiger charge is 2.40. The molecule has 0 radical (unpaired) electrons. The molecule has 9 nitrogen and oxygen atoms in total. The molecule has 4 rings (SSSR count). The molecule has 3 aromatic carbocycles. The summed E-state index contributed by atoms with van der Waals surface area (Å²) in [6.07, 6.45) is 1.12. The predicted molar refractivity (Wildman–Crippen MR) is 151 cm³/mol. The summed E-state index contributed by atoms with van der Waals surface area (Å²) < 4.78 is 27.2. The highest BCUT2D eigenvalue weighted by Crippen LogP contribution is 2.36. The van der Waals surface area contributed by atoms with Crippen LogP contribution in [0.25, 0.3) is 0 Å². The first-order valence-corrected chi connectivity index (χ1v) is 14.6. The second kappa shape index (κ2) is 11.9. The number of anilines is 1. The number of sulfonamides is 1. The van der Waals surface area contributed by atoms with Crippen molar-refractivity contribution in [3.8, 4) is 0 Å². The summed E-state index contributed by atoms with van der Waals surface area (Å²) in [6.45, 7) is 0.192. The van der Waals surface area contributed by atoms with E-state index in [4.69, 9.17) is 28.9 Å². The van der Waals surface area contributed by atoms with Crippen molar-refractivity contribution in [2.24, 2.45) is 5.73 Å². The Hall–Kier alpha value is -3.15. The molecule has 0 saturated carbocycles. The van der Waals surface area contributed by atoms with Crippen LogP contribution in [0.4, 0.5) is 5.69 Å². The maximum atomic E-state index is 12.9. The highest BCUT2D eigenvalue weighted by molar-refractivity contribution is 7.92. The number of nitrogens with zero attached hydrogens (tertiary/aromatic N) is 2. The number of hydrogen-bond donors (Lipinski definition) is 3. The number of nitrogens with one attached hydrogen (secondary N) is 1. The zero-order valence-corrected chi connectivity index (χ0v) is 23.3. The van der Waals surface area contributed by atoms with Crippen LogP contribution in [0.2, 0.25) is 10.0 Å². The van der Waals surface area contributed by atoms with Crippen molar-refractivity contribution in [3.63, 3.8) is 0 Å². The molecule has 0 bridgehead atoms. The molecule has 1 saturated heterocycles. The Morgan fingerprint density at radius 1 is 1.03 bits per heavy atom. The number of nitrogens with two attached hydrogens (primary N) is 1. The van der Waals surface area contributed by atoms with Crippen LogP contribution in [0.15, 0.2) is 72.8 Å². The van der Waals surface area contributed by atoms with Gasteiger partial charge in [0.1, 0.15) is 6.04 Å². The summed E-state index contributed by atoms with van der Waals surface area (Å²) >= 11 is 12.2. The Bertz CT molecular complexity index is 1400. The van der Waals surface area contributed by atoms with Gasteiger partial charge in [0.2, 0.25) is 15.9 Å². The predicted octanol–water partition coefficient (Wildman–Crippen LogP) is 2.81. The molecule has 1 atom stereocenters. The van der Waals surface area contributed by atoms with Crippen LogP contribution in [0.3, 0.4) is 0 Å². The first kappa shape index (κ1) is 28.8. The molecule has 2 amide bonds. The molecule has 0 spiro atoms. The molecule has 1 fully saturated rings. The van der Waals surface area contributed by atoms with Crippen molar-refractivity contribution in [2.75, 3.05) is 30.3 Å². The fourth-order valence-corrected chi connectivity index (χ4v) is 6.08. The Morgan fingerprint density at radius 3 is 2.03 bits per heavy atom. The lowest BCUT2D eigenvalue weighted by atomic mass is 9.93. The average Bonchev–Trinajstić information content (AvgIpc) is 2.86. The number of carbonyl (C=O) groups is 2. The topological polar surface area (TPSA) is 133 Å². The van der Waals surface area contributed by atoms with Gasteiger partial charge >= 0.3 is 0 Å². The largest absolute Gasteiger partial charge is 0.394 e. The van der Waals surface area contributed by atoms with Gasteiger partial charge in [-0.3, -0.25) is 18.8 Å². The number of amides is 2. The van der Waals surface area contributed by atoms with Gasteiger partial charge in [-0.2, -0.15) is 0 Å². The monoisotopic (exact) mass is 590 g/mol. The van der Waals surface area contributed by atoms with E-state index in [-0.39, 0.29) is 11.6 Å². The van der Waals surface area contributed by atoms with E-state index in [2.05, 4.69) is 10.2 Å². The van der Waals surface area contributed by atoms with Gasteiger partial charge in [-0.1, -0.05) is 53.5 Å². The van der Waals surface area contributed by atoms with Crippen molar-refractivity contribution in [2.45, 2.75) is 18.1 Å². The fourth-order valence-electron chi connectivity index (χ4n) is 4.66. The Balaban J connectivity index is 1.59. The number of halogens is 2. The fraction of sp³-hybridized carbons (Fsp3) is 0.259. The molecule has 3 aromatic rings. The summed E-state index contributed by atoms with van der Waals surface area (Å²) in [7, 11) is -3.73. The minimum atomic E-state index is -3.73. The first-order valence-electron chi connectivity index (χ1n) is 12.0. The van der Waals surface area contributed by atoms with Gasteiger partial charge in [-0.15, -0.1) is 0 Å². The van der Waals surface area contributed by atoms with E-state index in [9.17, 15) is 23.1 Å². The van der Waals surface area contributed by atoms with Crippen molar-refractivity contribution in [1.29, 1.82) is 0 Å². The van der Waals surface area contributed by atoms with E-state index in [1.54, 1.807) is 12.1 Å². The van der Waals surface area contributed by atoms with Crippen LogP contribution in [0.5, 0.6) is 0 Å². The van der Waals surface area contributed by atoms with Gasteiger partial charge in [0, 0.05) is 28.7 Å². The lowest BCUT2D eigenvalue weighted by Gasteiger charge is -2.48. The van der Waals surface area contributed by atoms with Crippen LogP contribution in [-0.2, 0) is 14.8 Å². The zero-order chi connectivity index (χ0) is 28.3. The molecule has 1 unspecified atom stereocenters. The Labute approximate surface area is 237 Å². The summed E-state index contributed by atoms with van der Waals surface area (Å²) in [6, 6.07) is 19.3. The maximum Gasteiger partial charge on any atom is 0.252 e. The van der Waals surface area contributed by atoms with Crippen molar-refractivity contribution < 1.29 is 23.1 Å². The van der Waals surface area contributed by atoms with E-state index < -0.39 is 40.5 Å². The number of aliphatic hydroxyl groups is 1. The molecule has 12 heteroatoms. The van der Waals surface area contributed by atoms with E-state index in [0.29, 0.717) is 28.8 Å². The number of benzene rings is 3. The van der Waals surface area contributed by atoms with E-state index in [0.717, 1.165) is 17.4 Å². The second-order valence-corrected chi connectivity index (χ2v) is 12.1. The molecule has 0 aromatic heterocycles. The number of hydrogen-bond acceptors (Lipinski definition) is 6. The van der Waals surface area contributed by atoms with E-state index >= 15 is 0 Å². The molecule has 1 heterocycles. The van der Waals surface area contributed by atoms with Gasteiger partial charge in [-0.25, -0.2) is 8.42 Å². The molecule has 1 aliphatic heterocycles. The van der Waals surface area contributed by atoms with Gasteiger partial charge in [0.05, 0.1) is 30.6 Å². The second-order valence-electron chi connectivity index (χ2n) is 9.33. The smallest absolute Gasteiger partial charge is 0.252 e. The Kier molecular flexibility index (Phi) is 8.83. The first-order chi connectivity index (χ1) is 18.5. The number of aliphatic hydroxyl groups excluding tert-OH is 1. The lowest BCUT2D eigenvalue weighted by Crippen LogP contribution is -2.61. The number of rotatable bonds is 10. The number of carbonyl (C=O) groups excluding carboxylic acids is 2. The standard InChI is InChI=1S/C27H28Cl2N4O5S/c1-39(37,38)33(22-4-2-3-19(13-22)27(36)31-24(16-34)26(30)35)23-14-32(15-23)25(17-5-9-20(28)10-6-17)18-7-11-21(29)12-8-18/h2-13,23-25,34H,14-16H2,1H3,(H2,30,35)(H,31,36). The highest BCUT2D eigenvalue weighted by atomic mass is 35.5. The number of likely N-dealkylation sites (tertiary alicyclic amines) is 1. The molecule has 206 valence electrons. The molecule has 39 heavy (non-hydrogen) atoms. The van der Waals surface area contributed by atoms with Crippen LogP contribution in [0.1, 0.15) is 27.5 Å². The zero-order valence-electron chi connectivity index (χ0n) is 21.0. The third-order valence-corrected chi connectivity index (χ3v) is 8.24. The van der Waals surface area contributed by atoms with Gasteiger partial charge in [0.15, 0.2) is 0 Å². The Morgan fingerprint density at radius 2 is 1.56 bits per heavy atom. The lowest BCUT2D eigenvalue weighted by molar-refractivity contribution is -0.120. The van der Waals surface area contributed by atoms with Crippen LogP contribution < -0.4 is 15.4 Å². The van der Waals surface area contributed by atoms with Crippen molar-refractivity contribution in [3.05, 3.63) is 99.5 Å². The van der Waals surface area contributed by atoms with Crippen LogP contribution in [0, 0.1) is 0 Å². The molecular weight excluding hydrogens is 563 g/mol. The average molecular weight is 592 g/mol. The summed E-state index contributed by atoms with van der Waals surface area (Å²) in [5.41, 5.74) is 7.62. The van der Waals surface area contributed by atoms with Crippen molar-refractivity contribution >= 4 is 50.7 Å². The van der Waals surface area contributed by atoms with Crippen LogP contribution >= 0.6 is 23.2 Å². The third-order valence-electron chi connectivity index (χ3n) is 6.51. The van der Waals surface area contributed by atoms with Gasteiger partial charge < -0.3 is 16.2 Å². The van der Waals surface area contributed by atoms with Crippen molar-refractivity contribution in [1.82, 2.24) is 10.2 Å². The van der Waals surface area contributed by atoms with E-state index in [1.807, 2.05) is 48.5 Å². The molecule has 1 aliphatic rings. The molecular formula is C27H28Cl2N4O5S.